The lowest BCUT2D eigenvalue weighted by atomic mass is 10.3. The molecule has 2 rings (SSSR count). The van der Waals surface area contributed by atoms with Gasteiger partial charge in [-0.3, -0.25) is 4.90 Å². The van der Waals surface area contributed by atoms with Crippen molar-refractivity contribution >= 4 is 0 Å². The lowest BCUT2D eigenvalue weighted by Crippen LogP contribution is -2.24. The van der Waals surface area contributed by atoms with E-state index in [1.54, 1.807) is 12.4 Å². The number of aromatic nitrogens is 2. The lowest BCUT2D eigenvalue weighted by Gasteiger charge is -2.13. The minimum Gasteiger partial charge on any atom is -0.471 e. The van der Waals surface area contributed by atoms with Crippen molar-refractivity contribution in [3.63, 3.8) is 0 Å². The largest absolute Gasteiger partial charge is 0.471 e. The number of likely N-dealkylation sites (N-methyl/N-ethyl adjacent to an activating group) is 1. The molecule has 1 fully saturated rings. The number of rotatable bonds is 3. The first kappa shape index (κ1) is 9.40. The highest BCUT2D eigenvalue weighted by Crippen LogP contribution is 2.14. The van der Waals surface area contributed by atoms with Crippen LogP contribution in [0.5, 0.6) is 5.88 Å². The van der Waals surface area contributed by atoms with Crippen molar-refractivity contribution in [2.45, 2.75) is 19.4 Å². The molecule has 0 saturated carbocycles. The highest BCUT2D eigenvalue weighted by molar-refractivity contribution is 5.00. The number of hydrogen-bond acceptors (Lipinski definition) is 4. The van der Waals surface area contributed by atoms with Gasteiger partial charge in [-0.1, -0.05) is 6.92 Å². The molecule has 0 amide bonds. The quantitative estimate of drug-likeness (QED) is 0.708. The molecule has 1 aromatic rings. The molecule has 0 bridgehead atoms. The molecule has 75 valence electrons. The van der Waals surface area contributed by atoms with E-state index < -0.39 is 0 Å². The maximum Gasteiger partial charge on any atom is 0.242 e. The lowest BCUT2D eigenvalue weighted by molar-refractivity contribution is 0.193. The van der Waals surface area contributed by atoms with E-state index in [2.05, 4.69) is 28.0 Å². The molecule has 0 aromatic carbocycles. The van der Waals surface area contributed by atoms with Crippen LogP contribution in [0.15, 0.2) is 12.4 Å². The number of hydrogen-bond donors (Lipinski definition) is 0. The fourth-order valence-electron chi connectivity index (χ4n) is 1.65. The van der Waals surface area contributed by atoms with E-state index in [0.717, 1.165) is 26.1 Å². The molecule has 0 N–H and O–H groups in total. The Morgan fingerprint density at radius 3 is 3.21 bits per heavy atom. The summed E-state index contributed by atoms with van der Waals surface area (Å²) in [6.45, 7) is 5.35. The first-order chi connectivity index (χ1) is 6.88. The summed E-state index contributed by atoms with van der Waals surface area (Å²) >= 11 is 0. The van der Waals surface area contributed by atoms with E-state index in [-0.39, 0.29) is 6.10 Å². The molecule has 0 spiro atoms. The molecule has 1 aliphatic rings. The van der Waals surface area contributed by atoms with Crippen LogP contribution in [0.4, 0.5) is 0 Å². The van der Waals surface area contributed by atoms with Crippen LogP contribution >= 0.6 is 0 Å². The predicted octanol–water partition coefficient (Wildman–Crippen LogP) is 0.750. The van der Waals surface area contributed by atoms with Gasteiger partial charge in [-0.25, -0.2) is 9.97 Å². The average Bonchev–Trinajstić information content (AvgIpc) is 2.67. The predicted molar refractivity (Wildman–Crippen MR) is 52.0 cm³/mol. The smallest absolute Gasteiger partial charge is 0.242 e. The van der Waals surface area contributed by atoms with Crippen molar-refractivity contribution in [1.29, 1.82) is 0 Å². The Hall–Kier alpha value is -1.16. The summed E-state index contributed by atoms with van der Waals surface area (Å²) in [7, 11) is 0. The molecule has 1 atom stereocenters. The van der Waals surface area contributed by atoms with Crippen LogP contribution in [-0.4, -0.2) is 40.6 Å². The number of nitrogens with zero attached hydrogens (tertiary/aromatic N) is 3. The van der Waals surface area contributed by atoms with Crippen molar-refractivity contribution < 1.29 is 4.74 Å². The Bertz CT molecular complexity index is 278. The van der Waals surface area contributed by atoms with Gasteiger partial charge in [0, 0.05) is 25.5 Å². The zero-order valence-electron chi connectivity index (χ0n) is 8.31. The molecular formula is C10H14N3O. The summed E-state index contributed by atoms with van der Waals surface area (Å²) in [5.74, 6) is 0.510. The van der Waals surface area contributed by atoms with Crippen LogP contribution in [0.1, 0.15) is 13.3 Å². The van der Waals surface area contributed by atoms with Crippen molar-refractivity contribution in [2.24, 2.45) is 0 Å². The molecule has 1 radical (unpaired) electrons. The zero-order valence-corrected chi connectivity index (χ0v) is 8.31. The number of likely N-dealkylation sites (tertiary alicyclic amines) is 1. The second-order valence-electron chi connectivity index (χ2n) is 3.40. The van der Waals surface area contributed by atoms with Gasteiger partial charge in [0.15, 0.2) is 6.20 Å². The van der Waals surface area contributed by atoms with Gasteiger partial charge < -0.3 is 4.74 Å². The third-order valence-corrected chi connectivity index (χ3v) is 2.45. The Balaban J connectivity index is 1.88. The molecule has 14 heavy (non-hydrogen) atoms. The summed E-state index contributed by atoms with van der Waals surface area (Å²) in [6, 6.07) is 0. The van der Waals surface area contributed by atoms with E-state index >= 15 is 0 Å². The summed E-state index contributed by atoms with van der Waals surface area (Å²) in [4.78, 5) is 10.2. The van der Waals surface area contributed by atoms with Crippen molar-refractivity contribution in [3.8, 4) is 5.88 Å². The standard InChI is InChI=1S/C10H14N3O/c1-2-13-6-3-9(8-13)14-10-7-11-4-5-12-10/h4-5,9H,2-3,6,8H2,1H3. The molecule has 1 saturated heterocycles. The fourth-order valence-corrected chi connectivity index (χ4v) is 1.65. The summed E-state index contributed by atoms with van der Waals surface area (Å²) in [5, 5.41) is 0. The van der Waals surface area contributed by atoms with Gasteiger partial charge in [-0.2, -0.15) is 0 Å². The van der Waals surface area contributed by atoms with E-state index in [1.807, 2.05) is 0 Å². The van der Waals surface area contributed by atoms with Gasteiger partial charge in [-0.15, -0.1) is 0 Å². The Labute approximate surface area is 83.9 Å². The monoisotopic (exact) mass is 192 g/mol. The highest BCUT2D eigenvalue weighted by atomic mass is 16.5. The first-order valence-electron chi connectivity index (χ1n) is 4.96. The summed E-state index contributed by atoms with van der Waals surface area (Å²) in [6.07, 6.45) is 7.27. The third-order valence-electron chi connectivity index (χ3n) is 2.45. The summed E-state index contributed by atoms with van der Waals surface area (Å²) < 4.78 is 5.64. The number of ether oxygens (including phenoxy) is 1. The van der Waals surface area contributed by atoms with Crippen LogP contribution in [-0.2, 0) is 0 Å². The molecule has 4 heteroatoms. The van der Waals surface area contributed by atoms with E-state index in [9.17, 15) is 0 Å². The first-order valence-corrected chi connectivity index (χ1v) is 4.96. The van der Waals surface area contributed by atoms with Crippen LogP contribution in [0.3, 0.4) is 0 Å². The van der Waals surface area contributed by atoms with Crippen LogP contribution < -0.4 is 4.74 Å². The van der Waals surface area contributed by atoms with Gasteiger partial charge in [-0.05, 0) is 13.0 Å². The molecule has 1 aromatic heterocycles. The minimum atomic E-state index is 0.253. The van der Waals surface area contributed by atoms with Crippen LogP contribution in [0, 0.1) is 6.20 Å². The van der Waals surface area contributed by atoms with Gasteiger partial charge in [0.25, 0.3) is 0 Å². The van der Waals surface area contributed by atoms with E-state index in [0.29, 0.717) is 5.88 Å². The van der Waals surface area contributed by atoms with Gasteiger partial charge in [0.05, 0.1) is 0 Å². The van der Waals surface area contributed by atoms with Crippen molar-refractivity contribution in [3.05, 3.63) is 18.6 Å². The second-order valence-corrected chi connectivity index (χ2v) is 3.40. The van der Waals surface area contributed by atoms with Crippen LogP contribution in [0.25, 0.3) is 0 Å². The van der Waals surface area contributed by atoms with Gasteiger partial charge >= 0.3 is 0 Å². The Morgan fingerprint density at radius 2 is 2.57 bits per heavy atom. The molecule has 1 aliphatic heterocycles. The van der Waals surface area contributed by atoms with Crippen molar-refractivity contribution in [2.75, 3.05) is 19.6 Å². The summed E-state index contributed by atoms with van der Waals surface area (Å²) in [5.41, 5.74) is 0. The molecule has 0 aliphatic carbocycles. The van der Waals surface area contributed by atoms with Crippen molar-refractivity contribution in [1.82, 2.24) is 14.9 Å². The van der Waals surface area contributed by atoms with E-state index in [1.165, 1.54) is 0 Å². The minimum absolute atomic E-state index is 0.253. The van der Waals surface area contributed by atoms with Crippen LogP contribution in [0.2, 0.25) is 0 Å². The maximum absolute atomic E-state index is 5.64. The van der Waals surface area contributed by atoms with Gasteiger partial charge in [0.1, 0.15) is 6.10 Å². The zero-order chi connectivity index (χ0) is 9.80. The Kier molecular flexibility index (Phi) is 2.93. The normalized spacial score (nSPS) is 22.5. The SMILES string of the molecule is CCN1CCC(Oc2[c]nccn2)C1. The molecular weight excluding hydrogens is 178 g/mol. The van der Waals surface area contributed by atoms with Gasteiger partial charge in [0.2, 0.25) is 5.88 Å². The third kappa shape index (κ3) is 2.20. The second kappa shape index (κ2) is 4.37. The maximum atomic E-state index is 5.64. The average molecular weight is 192 g/mol. The topological polar surface area (TPSA) is 38.2 Å². The molecule has 2 heterocycles. The Morgan fingerprint density at radius 1 is 1.64 bits per heavy atom. The molecule has 1 unspecified atom stereocenters. The highest BCUT2D eigenvalue weighted by Gasteiger charge is 2.22. The van der Waals surface area contributed by atoms with E-state index in [4.69, 9.17) is 4.74 Å². The fraction of sp³-hybridized carbons (Fsp3) is 0.600. The molecule has 4 nitrogen and oxygen atoms in total.